The van der Waals surface area contributed by atoms with Crippen LogP contribution in [0.4, 0.5) is 10.5 Å². The molecule has 2 atom stereocenters. The molecule has 1 aromatic carbocycles. The summed E-state index contributed by atoms with van der Waals surface area (Å²) in [5.41, 5.74) is -1.59. The van der Waals surface area contributed by atoms with E-state index in [-0.39, 0.29) is 11.8 Å². The van der Waals surface area contributed by atoms with Crippen LogP contribution >= 0.6 is 28.1 Å². The van der Waals surface area contributed by atoms with E-state index in [0.29, 0.717) is 15.7 Å². The summed E-state index contributed by atoms with van der Waals surface area (Å²) in [6, 6.07) is 3.98. The van der Waals surface area contributed by atoms with E-state index >= 15 is 0 Å². The lowest BCUT2D eigenvalue weighted by Gasteiger charge is -2.32. The molecule has 136 valence electrons. The van der Waals surface area contributed by atoms with Gasteiger partial charge in [-0.3, -0.25) is 9.59 Å². The van der Waals surface area contributed by atoms with Crippen molar-refractivity contribution in [2.24, 2.45) is 0 Å². The van der Waals surface area contributed by atoms with E-state index in [1.165, 1.54) is 0 Å². The van der Waals surface area contributed by atoms with Crippen LogP contribution < -0.4 is 10.6 Å². The third-order valence-corrected chi connectivity index (χ3v) is 5.56. The molecule has 1 spiro atoms. The van der Waals surface area contributed by atoms with Crippen molar-refractivity contribution >= 4 is 56.9 Å². The van der Waals surface area contributed by atoms with Crippen molar-refractivity contribution in [3.63, 3.8) is 0 Å². The van der Waals surface area contributed by atoms with E-state index in [0.717, 1.165) is 4.90 Å². The molecule has 26 heavy (non-hydrogen) atoms. The largest absolute Gasteiger partial charge is 0.447 e. The summed E-state index contributed by atoms with van der Waals surface area (Å²) in [6.07, 6.45) is -0.763. The van der Waals surface area contributed by atoms with Gasteiger partial charge in [-0.1, -0.05) is 22.0 Å². The average molecular weight is 440 g/mol. The Labute approximate surface area is 162 Å². The maximum absolute atomic E-state index is 13.3. The minimum atomic E-state index is -1.71. The molecule has 0 saturated carbocycles. The highest BCUT2D eigenvalue weighted by Gasteiger charge is 2.65. The molecule has 3 aliphatic heterocycles. The van der Waals surface area contributed by atoms with Gasteiger partial charge >= 0.3 is 6.09 Å². The second-order valence-corrected chi connectivity index (χ2v) is 8.08. The van der Waals surface area contributed by atoms with E-state index in [4.69, 9.17) is 21.7 Å². The molecular formula is C16H14BrN3O5S. The number of rotatable bonds is 1. The molecule has 10 heteroatoms. The zero-order valence-electron chi connectivity index (χ0n) is 13.8. The molecule has 2 N–H and O–H groups in total. The maximum atomic E-state index is 13.3. The zero-order chi connectivity index (χ0) is 18.9. The fourth-order valence-electron chi connectivity index (χ4n) is 3.53. The SMILES string of the molecule is CC1(C)COC(=O)N1C(=O)[C@H]1NC(=S)O[C@@]12C(=O)Nc1cccc(Br)c12. The first-order valence-corrected chi connectivity index (χ1v) is 8.99. The van der Waals surface area contributed by atoms with Crippen molar-refractivity contribution in [2.45, 2.75) is 31.0 Å². The lowest BCUT2D eigenvalue weighted by molar-refractivity contribution is -0.144. The standard InChI is InChI=1S/C16H14BrN3O5S/c1-15(2)6-24-14(23)20(15)11(21)10-16(25-13(26)19-10)9-7(17)4-3-5-8(9)18-12(16)22/h3-5,10H,6H2,1-2H3,(H,18,22)(H,19,26)/t10-,16-/m1/s1. The van der Waals surface area contributed by atoms with Crippen molar-refractivity contribution in [3.05, 3.63) is 28.2 Å². The lowest BCUT2D eigenvalue weighted by atomic mass is 9.86. The Morgan fingerprint density at radius 3 is 2.77 bits per heavy atom. The van der Waals surface area contributed by atoms with Crippen molar-refractivity contribution < 1.29 is 23.9 Å². The Morgan fingerprint density at radius 1 is 1.38 bits per heavy atom. The summed E-state index contributed by atoms with van der Waals surface area (Å²) in [7, 11) is 0. The van der Waals surface area contributed by atoms with Crippen LogP contribution in [0.1, 0.15) is 19.4 Å². The molecule has 3 aliphatic rings. The molecule has 3 heterocycles. The molecule has 0 aromatic heterocycles. The molecule has 8 nitrogen and oxygen atoms in total. The van der Waals surface area contributed by atoms with Gasteiger partial charge in [0.2, 0.25) is 5.60 Å². The van der Waals surface area contributed by atoms with Crippen molar-refractivity contribution in [1.29, 1.82) is 0 Å². The summed E-state index contributed by atoms with van der Waals surface area (Å²) >= 11 is 8.51. The van der Waals surface area contributed by atoms with Crippen LogP contribution in [0.15, 0.2) is 22.7 Å². The highest BCUT2D eigenvalue weighted by atomic mass is 79.9. The summed E-state index contributed by atoms with van der Waals surface area (Å²) < 4.78 is 11.3. The third kappa shape index (κ3) is 2.11. The van der Waals surface area contributed by atoms with Crippen LogP contribution in [0.2, 0.25) is 0 Å². The van der Waals surface area contributed by atoms with Gasteiger partial charge in [0.1, 0.15) is 6.61 Å². The van der Waals surface area contributed by atoms with E-state index in [1.54, 1.807) is 32.0 Å². The van der Waals surface area contributed by atoms with Crippen molar-refractivity contribution in [3.8, 4) is 0 Å². The number of hydrogen-bond acceptors (Lipinski definition) is 6. The fraction of sp³-hybridized carbons (Fsp3) is 0.375. The highest BCUT2D eigenvalue weighted by molar-refractivity contribution is 9.10. The van der Waals surface area contributed by atoms with Gasteiger partial charge in [0, 0.05) is 15.7 Å². The number of fused-ring (bicyclic) bond motifs is 2. The Hall–Kier alpha value is -2.20. The first kappa shape index (κ1) is 17.2. The van der Waals surface area contributed by atoms with E-state index in [1.807, 2.05) is 0 Å². The topological polar surface area (TPSA) is 97.0 Å². The Kier molecular flexibility index (Phi) is 3.58. The minimum Gasteiger partial charge on any atom is -0.447 e. The predicted octanol–water partition coefficient (Wildman–Crippen LogP) is 1.63. The number of imide groups is 1. The Bertz CT molecular complexity index is 889. The van der Waals surface area contributed by atoms with E-state index in [9.17, 15) is 14.4 Å². The molecule has 0 bridgehead atoms. The molecule has 0 aliphatic carbocycles. The van der Waals surface area contributed by atoms with Gasteiger partial charge in [-0.05, 0) is 38.2 Å². The number of amides is 3. The van der Waals surface area contributed by atoms with Gasteiger partial charge in [-0.2, -0.15) is 0 Å². The number of nitrogens with one attached hydrogen (secondary N) is 2. The second-order valence-electron chi connectivity index (χ2n) is 6.86. The normalized spacial score (nSPS) is 28.5. The summed E-state index contributed by atoms with van der Waals surface area (Å²) in [5.74, 6) is -1.17. The number of ether oxygens (including phenoxy) is 2. The van der Waals surface area contributed by atoms with Gasteiger partial charge < -0.3 is 20.1 Å². The molecule has 2 fully saturated rings. The van der Waals surface area contributed by atoms with Crippen molar-refractivity contribution in [1.82, 2.24) is 10.2 Å². The number of carbonyl (C=O) groups excluding carboxylic acids is 3. The van der Waals surface area contributed by atoms with E-state index in [2.05, 4.69) is 26.6 Å². The Morgan fingerprint density at radius 2 is 2.12 bits per heavy atom. The molecule has 0 unspecified atom stereocenters. The second kappa shape index (κ2) is 5.40. The maximum Gasteiger partial charge on any atom is 0.417 e. The highest BCUT2D eigenvalue weighted by Crippen LogP contribution is 2.48. The van der Waals surface area contributed by atoms with Gasteiger partial charge in [-0.15, -0.1) is 0 Å². The minimum absolute atomic E-state index is 0.0646. The molecule has 2 saturated heterocycles. The number of benzene rings is 1. The number of cyclic esters (lactones) is 1. The van der Waals surface area contributed by atoms with Gasteiger partial charge in [-0.25, -0.2) is 9.69 Å². The molecule has 4 rings (SSSR count). The van der Waals surface area contributed by atoms with Crippen molar-refractivity contribution in [2.75, 3.05) is 11.9 Å². The van der Waals surface area contributed by atoms with Gasteiger partial charge in [0.25, 0.3) is 17.0 Å². The predicted molar refractivity (Wildman–Crippen MR) is 97.3 cm³/mol. The van der Waals surface area contributed by atoms with Crippen LogP contribution in [0.5, 0.6) is 0 Å². The molecule has 0 radical (unpaired) electrons. The number of nitrogens with zero attached hydrogens (tertiary/aromatic N) is 1. The summed E-state index contributed by atoms with van der Waals surface area (Å²) in [5, 5.41) is 5.38. The third-order valence-electron chi connectivity index (χ3n) is 4.70. The van der Waals surface area contributed by atoms with Gasteiger partial charge in [0.15, 0.2) is 6.04 Å². The number of carbonyl (C=O) groups is 3. The molecular weight excluding hydrogens is 426 g/mol. The quantitative estimate of drug-likeness (QED) is 0.641. The number of thiocarbonyl (C=S) groups is 1. The Balaban J connectivity index is 1.85. The summed E-state index contributed by atoms with van der Waals surface area (Å²) in [4.78, 5) is 39.3. The monoisotopic (exact) mass is 439 g/mol. The number of halogens is 1. The molecule has 1 aromatic rings. The zero-order valence-corrected chi connectivity index (χ0v) is 16.2. The van der Waals surface area contributed by atoms with Gasteiger partial charge in [0.05, 0.1) is 5.54 Å². The van der Waals surface area contributed by atoms with E-state index < -0.39 is 35.1 Å². The smallest absolute Gasteiger partial charge is 0.417 e. The molecule has 3 amide bonds. The average Bonchev–Trinajstić information content (AvgIpc) is 3.14. The summed E-state index contributed by atoms with van der Waals surface area (Å²) in [6.45, 7) is 3.47. The number of hydrogen-bond donors (Lipinski definition) is 2. The van der Waals surface area contributed by atoms with Crippen LogP contribution in [0.3, 0.4) is 0 Å². The lowest BCUT2D eigenvalue weighted by Crippen LogP contribution is -2.59. The van der Waals surface area contributed by atoms with Crippen LogP contribution in [0.25, 0.3) is 0 Å². The first-order chi connectivity index (χ1) is 12.2. The van der Waals surface area contributed by atoms with Crippen LogP contribution in [0, 0.1) is 0 Å². The first-order valence-electron chi connectivity index (χ1n) is 7.79. The number of anilines is 1. The fourth-order valence-corrected chi connectivity index (χ4v) is 4.44. The van der Waals surface area contributed by atoms with Crippen LogP contribution in [-0.2, 0) is 24.7 Å². The van der Waals surface area contributed by atoms with Crippen LogP contribution in [-0.4, -0.2) is 46.2 Å².